The number of aliphatic hydroxyl groups excluding tert-OH is 1. The van der Waals surface area contributed by atoms with E-state index in [-0.39, 0.29) is 12.6 Å². The van der Waals surface area contributed by atoms with E-state index in [0.717, 1.165) is 24.2 Å². The van der Waals surface area contributed by atoms with Crippen LogP contribution in [-0.4, -0.2) is 18.3 Å². The minimum Gasteiger partial charge on any atom is -0.399 e. The number of hydrogen-bond donors (Lipinski definition) is 3. The van der Waals surface area contributed by atoms with Crippen molar-refractivity contribution in [2.24, 2.45) is 0 Å². The maximum Gasteiger partial charge on any atom is 0.0626 e. The highest BCUT2D eigenvalue weighted by atomic mass is 16.3. The molecule has 2 rings (SSSR count). The van der Waals surface area contributed by atoms with E-state index < -0.39 is 0 Å². The molecule has 0 saturated heterocycles. The van der Waals surface area contributed by atoms with Crippen LogP contribution in [0.4, 0.5) is 5.69 Å². The summed E-state index contributed by atoms with van der Waals surface area (Å²) in [5.41, 5.74) is 8.79. The third-order valence-electron chi connectivity index (χ3n) is 3.17. The van der Waals surface area contributed by atoms with Gasteiger partial charge in [-0.3, -0.25) is 0 Å². The Kier molecular flexibility index (Phi) is 4.95. The molecular formula is C16H20N2O. The lowest BCUT2D eigenvalue weighted by molar-refractivity contribution is 0.245. The van der Waals surface area contributed by atoms with Gasteiger partial charge in [-0.1, -0.05) is 42.5 Å². The summed E-state index contributed by atoms with van der Waals surface area (Å²) in [6.45, 7) is 0.926. The fraction of sp³-hybridized carbons (Fsp3) is 0.250. The Hall–Kier alpha value is -1.84. The molecule has 19 heavy (non-hydrogen) atoms. The number of hydrogen-bond acceptors (Lipinski definition) is 3. The van der Waals surface area contributed by atoms with Gasteiger partial charge in [0.25, 0.3) is 0 Å². The minimum atomic E-state index is -0.00465. The first kappa shape index (κ1) is 13.6. The second kappa shape index (κ2) is 6.92. The average Bonchev–Trinajstić information content (AvgIpc) is 2.46. The largest absolute Gasteiger partial charge is 0.399 e. The molecule has 2 aromatic carbocycles. The van der Waals surface area contributed by atoms with Crippen LogP contribution in [0, 0.1) is 0 Å². The maximum atomic E-state index is 9.43. The summed E-state index contributed by atoms with van der Waals surface area (Å²) in [5.74, 6) is 0. The molecule has 0 aromatic heterocycles. The van der Waals surface area contributed by atoms with Crippen molar-refractivity contribution in [3.05, 3.63) is 65.7 Å². The SMILES string of the molecule is Nc1ccc(CCN[C@@H](CO)c2ccccc2)cc1. The molecule has 2 aromatic rings. The quantitative estimate of drug-likeness (QED) is 0.694. The van der Waals surface area contributed by atoms with Crippen LogP contribution in [0.25, 0.3) is 0 Å². The predicted molar refractivity (Wildman–Crippen MR) is 78.8 cm³/mol. The Morgan fingerprint density at radius 2 is 1.68 bits per heavy atom. The van der Waals surface area contributed by atoms with Gasteiger partial charge in [0.05, 0.1) is 12.6 Å². The molecule has 0 heterocycles. The van der Waals surface area contributed by atoms with Crippen molar-refractivity contribution in [1.29, 1.82) is 0 Å². The number of benzene rings is 2. The van der Waals surface area contributed by atoms with Gasteiger partial charge in [0, 0.05) is 5.69 Å². The molecule has 0 aliphatic carbocycles. The van der Waals surface area contributed by atoms with Gasteiger partial charge < -0.3 is 16.2 Å². The van der Waals surface area contributed by atoms with Gasteiger partial charge in [0.15, 0.2) is 0 Å². The molecule has 0 saturated carbocycles. The van der Waals surface area contributed by atoms with Crippen molar-refractivity contribution < 1.29 is 5.11 Å². The first-order valence-electron chi connectivity index (χ1n) is 6.53. The summed E-state index contributed by atoms with van der Waals surface area (Å²) in [6.07, 6.45) is 0.920. The van der Waals surface area contributed by atoms with Crippen molar-refractivity contribution in [2.45, 2.75) is 12.5 Å². The zero-order chi connectivity index (χ0) is 13.5. The van der Waals surface area contributed by atoms with Crippen LogP contribution in [0.3, 0.4) is 0 Å². The van der Waals surface area contributed by atoms with Gasteiger partial charge in [-0.05, 0) is 36.2 Å². The van der Waals surface area contributed by atoms with Gasteiger partial charge in [-0.25, -0.2) is 0 Å². The molecule has 0 spiro atoms. The van der Waals surface area contributed by atoms with Crippen LogP contribution in [0.2, 0.25) is 0 Å². The fourth-order valence-corrected chi connectivity index (χ4v) is 2.05. The van der Waals surface area contributed by atoms with Gasteiger partial charge in [-0.15, -0.1) is 0 Å². The predicted octanol–water partition coefficient (Wildman–Crippen LogP) is 2.13. The van der Waals surface area contributed by atoms with E-state index in [0.29, 0.717) is 0 Å². The molecule has 3 nitrogen and oxygen atoms in total. The summed E-state index contributed by atoms with van der Waals surface area (Å²) >= 11 is 0. The molecule has 3 heteroatoms. The van der Waals surface area contributed by atoms with Crippen LogP contribution in [-0.2, 0) is 6.42 Å². The van der Waals surface area contributed by atoms with Crippen LogP contribution >= 0.6 is 0 Å². The highest BCUT2D eigenvalue weighted by Crippen LogP contribution is 2.12. The zero-order valence-corrected chi connectivity index (χ0v) is 10.9. The van der Waals surface area contributed by atoms with Crippen molar-refractivity contribution >= 4 is 5.69 Å². The third kappa shape index (κ3) is 4.09. The van der Waals surface area contributed by atoms with Gasteiger partial charge >= 0.3 is 0 Å². The molecule has 0 aliphatic rings. The normalized spacial score (nSPS) is 12.3. The Morgan fingerprint density at radius 1 is 1.00 bits per heavy atom. The highest BCUT2D eigenvalue weighted by molar-refractivity contribution is 5.39. The van der Waals surface area contributed by atoms with Crippen molar-refractivity contribution in [3.63, 3.8) is 0 Å². The van der Waals surface area contributed by atoms with Crippen molar-refractivity contribution in [2.75, 3.05) is 18.9 Å². The van der Waals surface area contributed by atoms with E-state index in [1.54, 1.807) is 0 Å². The van der Waals surface area contributed by atoms with Crippen LogP contribution in [0.1, 0.15) is 17.2 Å². The highest BCUT2D eigenvalue weighted by Gasteiger charge is 2.08. The van der Waals surface area contributed by atoms with Crippen molar-refractivity contribution in [3.8, 4) is 0 Å². The Balaban J connectivity index is 1.85. The lowest BCUT2D eigenvalue weighted by Gasteiger charge is -2.16. The van der Waals surface area contributed by atoms with Crippen LogP contribution < -0.4 is 11.1 Å². The molecule has 0 fully saturated rings. The third-order valence-corrected chi connectivity index (χ3v) is 3.17. The Labute approximate surface area is 114 Å². The first-order chi connectivity index (χ1) is 9.29. The number of rotatable bonds is 6. The number of nitrogens with two attached hydrogens (primary N) is 1. The smallest absolute Gasteiger partial charge is 0.0626 e. The van der Waals surface area contributed by atoms with E-state index in [2.05, 4.69) is 5.32 Å². The van der Waals surface area contributed by atoms with E-state index >= 15 is 0 Å². The van der Waals surface area contributed by atoms with Crippen LogP contribution in [0.5, 0.6) is 0 Å². The van der Waals surface area contributed by atoms with E-state index in [1.165, 1.54) is 5.56 Å². The Bertz CT molecular complexity index is 482. The number of anilines is 1. The summed E-state index contributed by atoms with van der Waals surface area (Å²) in [4.78, 5) is 0. The monoisotopic (exact) mass is 256 g/mol. The van der Waals surface area contributed by atoms with E-state index in [9.17, 15) is 5.11 Å². The van der Waals surface area contributed by atoms with E-state index in [4.69, 9.17) is 5.73 Å². The number of nitrogens with one attached hydrogen (secondary N) is 1. The molecular weight excluding hydrogens is 236 g/mol. The van der Waals surface area contributed by atoms with E-state index in [1.807, 2.05) is 54.6 Å². The molecule has 0 amide bonds. The first-order valence-corrected chi connectivity index (χ1v) is 6.53. The van der Waals surface area contributed by atoms with Gasteiger partial charge in [0.2, 0.25) is 0 Å². The fourth-order valence-electron chi connectivity index (χ4n) is 2.05. The standard InChI is InChI=1S/C16H20N2O/c17-15-8-6-13(7-9-15)10-11-18-16(12-19)14-4-2-1-3-5-14/h1-9,16,18-19H,10-12,17H2/t16-/m0/s1. The van der Waals surface area contributed by atoms with Gasteiger partial charge in [0.1, 0.15) is 0 Å². The molecule has 0 bridgehead atoms. The molecule has 0 aliphatic heterocycles. The second-order valence-corrected chi connectivity index (χ2v) is 4.59. The minimum absolute atomic E-state index is 0.00465. The zero-order valence-electron chi connectivity index (χ0n) is 10.9. The summed E-state index contributed by atoms with van der Waals surface area (Å²) < 4.78 is 0. The molecule has 4 N–H and O–H groups in total. The maximum absolute atomic E-state index is 9.43. The Morgan fingerprint density at radius 3 is 2.32 bits per heavy atom. The summed E-state index contributed by atoms with van der Waals surface area (Å²) in [5, 5.41) is 12.8. The lowest BCUT2D eigenvalue weighted by atomic mass is 10.1. The number of aliphatic hydroxyl groups is 1. The molecule has 0 unspecified atom stereocenters. The summed E-state index contributed by atoms with van der Waals surface area (Å²) in [6, 6.07) is 17.9. The average molecular weight is 256 g/mol. The number of nitrogen functional groups attached to an aromatic ring is 1. The summed E-state index contributed by atoms with van der Waals surface area (Å²) in [7, 11) is 0. The van der Waals surface area contributed by atoms with Crippen molar-refractivity contribution in [1.82, 2.24) is 5.32 Å². The molecule has 100 valence electrons. The van der Waals surface area contributed by atoms with Crippen LogP contribution in [0.15, 0.2) is 54.6 Å². The molecule has 0 radical (unpaired) electrons. The molecule has 1 atom stereocenters. The second-order valence-electron chi connectivity index (χ2n) is 4.59. The topological polar surface area (TPSA) is 58.3 Å². The lowest BCUT2D eigenvalue weighted by Crippen LogP contribution is -2.26. The van der Waals surface area contributed by atoms with Gasteiger partial charge in [-0.2, -0.15) is 0 Å².